The van der Waals surface area contributed by atoms with E-state index in [0.29, 0.717) is 5.92 Å². The highest BCUT2D eigenvalue weighted by Crippen LogP contribution is 2.36. The highest BCUT2D eigenvalue weighted by atomic mass is 28.3. The third-order valence-corrected chi connectivity index (χ3v) is 9.92. The third-order valence-electron chi connectivity index (χ3n) is 5.89. The van der Waals surface area contributed by atoms with Gasteiger partial charge in [-0.2, -0.15) is 0 Å². The number of allylic oxidation sites excluding steroid dienone is 4. The van der Waals surface area contributed by atoms with Crippen molar-refractivity contribution in [2.75, 3.05) is 0 Å². The van der Waals surface area contributed by atoms with Crippen LogP contribution in [0.1, 0.15) is 52.9 Å². The van der Waals surface area contributed by atoms with Crippen molar-refractivity contribution >= 4 is 14.0 Å². The Labute approximate surface area is 137 Å². The number of hydrogen-bond donors (Lipinski definition) is 0. The molecule has 0 nitrogen and oxygen atoms in total. The van der Waals surface area contributed by atoms with Gasteiger partial charge in [-0.05, 0) is 31.7 Å². The maximum absolute atomic E-state index is 2.49. The zero-order valence-electron chi connectivity index (χ0n) is 14.4. The summed E-state index contributed by atoms with van der Waals surface area (Å²) >= 11 is 0. The minimum Gasteiger partial charge on any atom is -0.0748 e. The molecule has 0 aromatic heterocycles. The monoisotopic (exact) mass is 310 g/mol. The predicted molar refractivity (Wildman–Crippen MR) is 100 cm³/mol. The molecule has 2 atom stereocenters. The molecule has 0 saturated heterocycles. The Morgan fingerprint density at radius 2 is 1.68 bits per heavy atom. The van der Waals surface area contributed by atoms with E-state index in [1.807, 2.05) is 5.20 Å². The lowest BCUT2D eigenvalue weighted by Gasteiger charge is -2.29. The summed E-state index contributed by atoms with van der Waals surface area (Å²) in [6, 6.07) is 12.9. The van der Waals surface area contributed by atoms with E-state index in [1.54, 1.807) is 10.8 Å². The number of benzene rings is 1. The summed E-state index contributed by atoms with van der Waals surface area (Å²) < 4.78 is 0. The summed E-state index contributed by atoms with van der Waals surface area (Å²) in [6.07, 6.45) is 9.84. The van der Waals surface area contributed by atoms with Crippen molar-refractivity contribution < 1.29 is 0 Å². The van der Waals surface area contributed by atoms with E-state index in [0.717, 1.165) is 5.92 Å². The van der Waals surface area contributed by atoms with E-state index >= 15 is 0 Å². The van der Waals surface area contributed by atoms with E-state index in [9.17, 15) is 0 Å². The van der Waals surface area contributed by atoms with Crippen LogP contribution in [0.4, 0.5) is 0 Å². The number of hydrogen-bond acceptors (Lipinski definition) is 0. The standard InChI is InChI=1S/C21H30Si/c1-16-14-17(2)21(18(16)3)22(20-12-8-5-9-13-20)15-19-10-6-4-7-11-19/h5,8-9,12-14,17,19,22H,4,6-7,10-11,15H2,1-3H3. The molecule has 3 rings (SSSR count). The topological polar surface area (TPSA) is 0 Å². The molecular formula is C21H30Si. The summed E-state index contributed by atoms with van der Waals surface area (Å²) in [4.78, 5) is 0. The van der Waals surface area contributed by atoms with E-state index in [4.69, 9.17) is 0 Å². The smallest absolute Gasteiger partial charge is 0.0748 e. The van der Waals surface area contributed by atoms with Crippen molar-refractivity contribution in [3.05, 3.63) is 52.8 Å². The minimum atomic E-state index is -1.04. The first-order valence-electron chi connectivity index (χ1n) is 9.11. The second kappa shape index (κ2) is 7.00. The first-order chi connectivity index (χ1) is 10.7. The lowest BCUT2D eigenvalue weighted by Crippen LogP contribution is -2.36. The Morgan fingerprint density at radius 3 is 2.27 bits per heavy atom. The molecule has 0 N–H and O–H groups in total. The Bertz CT molecular complexity index is 561. The summed E-state index contributed by atoms with van der Waals surface area (Å²) in [6.45, 7) is 7.09. The van der Waals surface area contributed by atoms with Gasteiger partial charge in [-0.25, -0.2) is 0 Å². The number of rotatable bonds is 4. The van der Waals surface area contributed by atoms with E-state index in [2.05, 4.69) is 57.2 Å². The molecule has 2 aliphatic carbocycles. The Kier molecular flexibility index (Phi) is 5.02. The molecule has 1 heteroatoms. The molecule has 0 radical (unpaired) electrons. The van der Waals surface area contributed by atoms with Crippen LogP contribution in [-0.2, 0) is 0 Å². The highest BCUT2D eigenvalue weighted by molar-refractivity contribution is 6.80. The lowest BCUT2D eigenvalue weighted by atomic mass is 9.91. The fraction of sp³-hybridized carbons (Fsp3) is 0.524. The van der Waals surface area contributed by atoms with Crippen molar-refractivity contribution in [1.29, 1.82) is 0 Å². The molecular weight excluding hydrogens is 280 g/mol. The van der Waals surface area contributed by atoms with Crippen molar-refractivity contribution in [2.24, 2.45) is 11.8 Å². The van der Waals surface area contributed by atoms with Gasteiger partial charge in [-0.3, -0.25) is 0 Å². The predicted octanol–water partition coefficient (Wildman–Crippen LogP) is 5.15. The molecule has 0 aliphatic heterocycles. The van der Waals surface area contributed by atoms with Crippen LogP contribution in [0.5, 0.6) is 0 Å². The molecule has 0 amide bonds. The van der Waals surface area contributed by atoms with Crippen molar-refractivity contribution in [3.63, 3.8) is 0 Å². The van der Waals surface area contributed by atoms with E-state index in [-0.39, 0.29) is 0 Å². The molecule has 0 bridgehead atoms. The Balaban J connectivity index is 1.90. The van der Waals surface area contributed by atoms with Crippen LogP contribution in [-0.4, -0.2) is 8.80 Å². The summed E-state index contributed by atoms with van der Waals surface area (Å²) in [5.41, 5.74) is 3.14. The van der Waals surface area contributed by atoms with Gasteiger partial charge in [0, 0.05) is 0 Å². The van der Waals surface area contributed by atoms with Crippen molar-refractivity contribution in [3.8, 4) is 0 Å². The third kappa shape index (κ3) is 3.30. The van der Waals surface area contributed by atoms with Gasteiger partial charge in [0.1, 0.15) is 0 Å². The molecule has 118 valence electrons. The van der Waals surface area contributed by atoms with Gasteiger partial charge in [-0.1, -0.05) is 97.0 Å². The fourth-order valence-corrected chi connectivity index (χ4v) is 8.81. The first-order valence-corrected chi connectivity index (χ1v) is 11.1. The van der Waals surface area contributed by atoms with Crippen LogP contribution < -0.4 is 5.19 Å². The van der Waals surface area contributed by atoms with Gasteiger partial charge >= 0.3 is 0 Å². The van der Waals surface area contributed by atoms with Gasteiger partial charge in [0.05, 0.1) is 8.80 Å². The van der Waals surface area contributed by atoms with Gasteiger partial charge in [0.15, 0.2) is 0 Å². The largest absolute Gasteiger partial charge is 0.0990 e. The van der Waals surface area contributed by atoms with Crippen LogP contribution in [0, 0.1) is 11.8 Å². The zero-order chi connectivity index (χ0) is 15.5. The van der Waals surface area contributed by atoms with Crippen LogP contribution in [0.2, 0.25) is 6.04 Å². The zero-order valence-corrected chi connectivity index (χ0v) is 15.6. The molecule has 1 aromatic carbocycles. The fourth-order valence-electron chi connectivity index (χ4n) is 4.62. The minimum absolute atomic E-state index is 0.667. The second-order valence-corrected chi connectivity index (χ2v) is 10.3. The average Bonchev–Trinajstić information content (AvgIpc) is 2.80. The molecule has 2 aliphatic rings. The quantitative estimate of drug-likeness (QED) is 0.674. The van der Waals surface area contributed by atoms with E-state index in [1.165, 1.54) is 43.7 Å². The van der Waals surface area contributed by atoms with Crippen LogP contribution >= 0.6 is 0 Å². The second-order valence-electron chi connectivity index (χ2n) is 7.42. The summed E-state index contributed by atoms with van der Waals surface area (Å²) in [7, 11) is -1.04. The maximum Gasteiger partial charge on any atom is 0.0990 e. The average molecular weight is 311 g/mol. The van der Waals surface area contributed by atoms with Crippen molar-refractivity contribution in [2.45, 2.75) is 58.9 Å². The summed E-state index contributed by atoms with van der Waals surface area (Å²) in [5, 5.41) is 3.49. The van der Waals surface area contributed by atoms with E-state index < -0.39 is 8.80 Å². The van der Waals surface area contributed by atoms with Gasteiger partial charge in [0.25, 0.3) is 0 Å². The first kappa shape index (κ1) is 15.8. The Hall–Kier alpha value is -1.08. The van der Waals surface area contributed by atoms with Crippen LogP contribution in [0.15, 0.2) is 52.8 Å². The summed E-state index contributed by atoms with van der Waals surface area (Å²) in [5.74, 6) is 1.65. The molecule has 1 saturated carbocycles. The van der Waals surface area contributed by atoms with Crippen LogP contribution in [0.3, 0.4) is 0 Å². The SMILES string of the molecule is CC1=CC(C)C([SiH](CC2CCCCC2)c2ccccc2)=C1C. The molecule has 2 unspecified atom stereocenters. The molecule has 1 aromatic rings. The molecule has 22 heavy (non-hydrogen) atoms. The van der Waals surface area contributed by atoms with Gasteiger partial charge in [0.2, 0.25) is 0 Å². The maximum atomic E-state index is 2.49. The molecule has 1 fully saturated rings. The molecule has 0 heterocycles. The molecule has 0 spiro atoms. The van der Waals surface area contributed by atoms with Crippen molar-refractivity contribution in [1.82, 2.24) is 0 Å². The lowest BCUT2D eigenvalue weighted by molar-refractivity contribution is 0.383. The van der Waals surface area contributed by atoms with Gasteiger partial charge in [-0.15, -0.1) is 0 Å². The highest BCUT2D eigenvalue weighted by Gasteiger charge is 2.30. The van der Waals surface area contributed by atoms with Gasteiger partial charge < -0.3 is 0 Å². The normalized spacial score (nSPS) is 24.5. The Morgan fingerprint density at radius 1 is 1.00 bits per heavy atom. The van der Waals surface area contributed by atoms with Crippen LogP contribution in [0.25, 0.3) is 0 Å².